The molecule has 0 rings (SSSR count). The van der Waals surface area contributed by atoms with Gasteiger partial charge in [0.2, 0.25) is 5.60 Å². The minimum absolute atomic E-state index is 0. The number of carbonyl (C=O) groups excluding carboxylic acids is 1. The largest absolute Gasteiger partial charge is 1.00 e. The molecule has 0 aliphatic rings. The number of rotatable bonds is 11. The third-order valence-corrected chi connectivity index (χ3v) is 2.85. The second-order valence-electron chi connectivity index (χ2n) is 5.00. The summed E-state index contributed by atoms with van der Waals surface area (Å²) in [7, 11) is 0. The van der Waals surface area contributed by atoms with Crippen molar-refractivity contribution >= 4 is 35.8 Å². The van der Waals surface area contributed by atoms with Gasteiger partial charge in [-0.05, 0) is 0 Å². The Hall–Kier alpha value is -2.30. The van der Waals surface area contributed by atoms with Gasteiger partial charge in [0.15, 0.2) is 5.60 Å². The maximum Gasteiger partial charge on any atom is 1.00 e. The maximum atomic E-state index is 11.7. The van der Waals surface area contributed by atoms with Crippen LogP contribution in [0.5, 0.6) is 0 Å². The standard InChI is InChI=1S/C12H14O13.Na.2H2O.H/c13-5(14)1-11(24,9(20)21)4-8(19)25-12(10(22)23,2-6(15)16)3-7(17)18;;;;/h24H,1-4H2,(H,13,14)(H,15,16)(H,17,18)(H,20,21)(H,22,23);;2*1H2;/q;+1;;;-1. The summed E-state index contributed by atoms with van der Waals surface area (Å²) in [6.07, 6.45) is -5.94. The van der Waals surface area contributed by atoms with E-state index in [1.807, 2.05) is 0 Å². The molecule has 0 aromatic heterocycles. The number of carboxylic acids is 5. The van der Waals surface area contributed by atoms with Crippen LogP contribution in [0.15, 0.2) is 0 Å². The summed E-state index contributed by atoms with van der Waals surface area (Å²) in [5, 5.41) is 53.5. The number of hydrogen-bond donors (Lipinski definition) is 6. The van der Waals surface area contributed by atoms with E-state index in [-0.39, 0.29) is 41.9 Å². The molecular formula is C12H19NaO15. The van der Waals surface area contributed by atoms with Crippen molar-refractivity contribution in [1.82, 2.24) is 0 Å². The van der Waals surface area contributed by atoms with Crippen LogP contribution in [0.25, 0.3) is 0 Å². The van der Waals surface area contributed by atoms with E-state index in [1.54, 1.807) is 0 Å². The minimum atomic E-state index is -3.17. The summed E-state index contributed by atoms with van der Waals surface area (Å²) in [6.45, 7) is 0. The summed E-state index contributed by atoms with van der Waals surface area (Å²) < 4.78 is 4.33. The van der Waals surface area contributed by atoms with Crippen molar-refractivity contribution in [3.63, 3.8) is 0 Å². The van der Waals surface area contributed by atoms with Gasteiger partial charge >= 0.3 is 65.4 Å². The summed E-state index contributed by atoms with van der Waals surface area (Å²) in [5.74, 6) is -11.6. The molecule has 1 atom stereocenters. The summed E-state index contributed by atoms with van der Waals surface area (Å²) in [6, 6.07) is 0. The summed E-state index contributed by atoms with van der Waals surface area (Å²) in [4.78, 5) is 66.0. The van der Waals surface area contributed by atoms with Crippen LogP contribution in [0, 0.1) is 0 Å². The first kappa shape index (κ1) is 33.3. The van der Waals surface area contributed by atoms with Crippen LogP contribution in [-0.2, 0) is 33.5 Å². The fraction of sp³-hybridized carbons (Fsp3) is 0.500. The van der Waals surface area contributed by atoms with Gasteiger partial charge in [-0.2, -0.15) is 0 Å². The van der Waals surface area contributed by atoms with Gasteiger partial charge in [0.25, 0.3) is 0 Å². The maximum absolute atomic E-state index is 11.7. The number of hydrogen-bond acceptors (Lipinski definition) is 8. The van der Waals surface area contributed by atoms with E-state index in [1.165, 1.54) is 0 Å². The number of aliphatic hydroxyl groups is 1. The molecule has 158 valence electrons. The molecule has 0 aromatic rings. The van der Waals surface area contributed by atoms with Gasteiger partial charge in [-0.1, -0.05) is 0 Å². The molecule has 0 radical (unpaired) electrons. The van der Waals surface area contributed by atoms with Crippen LogP contribution in [0.3, 0.4) is 0 Å². The molecule has 1 unspecified atom stereocenters. The molecule has 0 aliphatic carbocycles. The zero-order valence-electron chi connectivity index (χ0n) is 15.4. The number of carbonyl (C=O) groups is 6. The SMILES string of the molecule is O.O.O=C(O)CC(O)(CC(=O)OC(CC(=O)O)(CC(=O)O)C(=O)O)C(=O)O.[H-].[Na+]. The van der Waals surface area contributed by atoms with Crippen LogP contribution in [0.1, 0.15) is 27.1 Å². The summed E-state index contributed by atoms with van der Waals surface area (Å²) in [5.41, 5.74) is -6.24. The van der Waals surface area contributed by atoms with Crippen molar-refractivity contribution in [3.05, 3.63) is 0 Å². The summed E-state index contributed by atoms with van der Waals surface area (Å²) >= 11 is 0. The van der Waals surface area contributed by atoms with E-state index < -0.39 is 72.7 Å². The zero-order valence-corrected chi connectivity index (χ0v) is 16.4. The Bertz CT molecular complexity index is 604. The van der Waals surface area contributed by atoms with E-state index in [4.69, 9.17) is 25.5 Å². The first-order valence-corrected chi connectivity index (χ1v) is 6.30. The average Bonchev–Trinajstić information content (AvgIpc) is 2.34. The molecular weight excluding hydrogens is 407 g/mol. The average molecular weight is 426 g/mol. The van der Waals surface area contributed by atoms with Crippen LogP contribution in [0.4, 0.5) is 0 Å². The van der Waals surface area contributed by atoms with E-state index in [2.05, 4.69) is 4.74 Å². The van der Waals surface area contributed by atoms with Gasteiger partial charge in [-0.15, -0.1) is 0 Å². The fourth-order valence-electron chi connectivity index (χ4n) is 1.77. The van der Waals surface area contributed by atoms with Crippen molar-refractivity contribution in [2.75, 3.05) is 0 Å². The Labute approximate surface area is 178 Å². The van der Waals surface area contributed by atoms with Gasteiger partial charge in [-0.25, -0.2) is 9.59 Å². The van der Waals surface area contributed by atoms with Gasteiger partial charge in [0.1, 0.15) is 0 Å². The first-order valence-electron chi connectivity index (χ1n) is 6.30. The molecule has 0 fully saturated rings. The second-order valence-corrected chi connectivity index (χ2v) is 5.00. The number of aliphatic carboxylic acids is 5. The molecule has 0 spiro atoms. The molecule has 0 heterocycles. The molecule has 10 N–H and O–H groups in total. The Morgan fingerprint density at radius 2 is 1.04 bits per heavy atom. The smallest absolute Gasteiger partial charge is 1.00 e. The normalized spacial score (nSPS) is 11.9. The molecule has 0 aromatic carbocycles. The number of ether oxygens (including phenoxy) is 1. The third kappa shape index (κ3) is 10.1. The monoisotopic (exact) mass is 426 g/mol. The van der Waals surface area contributed by atoms with Gasteiger partial charge in [0.05, 0.1) is 25.7 Å². The van der Waals surface area contributed by atoms with E-state index >= 15 is 0 Å². The zero-order chi connectivity index (χ0) is 20.0. The minimum Gasteiger partial charge on any atom is -1.00 e. The van der Waals surface area contributed by atoms with Gasteiger partial charge in [0, 0.05) is 0 Å². The molecule has 0 bridgehead atoms. The Kier molecular flexibility index (Phi) is 15.4. The quantitative estimate of drug-likeness (QED) is 0.132. The van der Waals surface area contributed by atoms with E-state index in [0.29, 0.717) is 0 Å². The van der Waals surface area contributed by atoms with Crippen molar-refractivity contribution < 1.29 is 106 Å². The molecule has 15 nitrogen and oxygen atoms in total. The van der Waals surface area contributed by atoms with Crippen molar-refractivity contribution in [1.29, 1.82) is 0 Å². The second kappa shape index (κ2) is 13.0. The first-order chi connectivity index (χ1) is 11.2. The topological polar surface area (TPSA) is 296 Å². The fourth-order valence-corrected chi connectivity index (χ4v) is 1.77. The number of esters is 1. The molecule has 0 aliphatic heterocycles. The molecule has 0 saturated heterocycles. The van der Waals surface area contributed by atoms with Gasteiger partial charge in [-0.3, -0.25) is 19.2 Å². The van der Waals surface area contributed by atoms with Crippen LogP contribution in [-0.4, -0.2) is 88.6 Å². The third-order valence-electron chi connectivity index (χ3n) is 2.85. The Balaban J connectivity index is -0.000000480. The van der Waals surface area contributed by atoms with Crippen LogP contribution < -0.4 is 29.6 Å². The van der Waals surface area contributed by atoms with Gasteiger partial charge < -0.3 is 47.8 Å². The molecule has 28 heavy (non-hydrogen) atoms. The van der Waals surface area contributed by atoms with E-state index in [9.17, 15) is 33.9 Å². The molecule has 0 amide bonds. The van der Waals surface area contributed by atoms with Crippen LogP contribution >= 0.6 is 0 Å². The Morgan fingerprint density at radius 1 is 0.679 bits per heavy atom. The Morgan fingerprint density at radius 3 is 1.29 bits per heavy atom. The van der Waals surface area contributed by atoms with E-state index in [0.717, 1.165) is 0 Å². The molecule has 0 saturated carbocycles. The van der Waals surface area contributed by atoms with Crippen molar-refractivity contribution in [3.8, 4) is 0 Å². The van der Waals surface area contributed by atoms with Crippen molar-refractivity contribution in [2.24, 2.45) is 0 Å². The predicted octanol–water partition coefficient (Wildman–Crippen LogP) is -6.55. The predicted molar refractivity (Wildman–Crippen MR) is 78.8 cm³/mol. The van der Waals surface area contributed by atoms with Crippen LogP contribution in [0.2, 0.25) is 0 Å². The van der Waals surface area contributed by atoms with Crippen molar-refractivity contribution in [2.45, 2.75) is 36.9 Å². The molecule has 16 heteroatoms. The number of carboxylic acid groups (broad SMARTS) is 5.